The Bertz CT molecular complexity index is 6000. The van der Waals surface area contributed by atoms with Gasteiger partial charge in [-0.05, 0) is 211 Å². The Morgan fingerprint density at radius 3 is 1.18 bits per heavy atom. The van der Waals surface area contributed by atoms with E-state index in [1.165, 1.54) is 36.9 Å². The number of aryl methyl sites for hydroxylation is 5. The van der Waals surface area contributed by atoms with Crippen LogP contribution in [0.3, 0.4) is 0 Å². The summed E-state index contributed by atoms with van der Waals surface area (Å²) in [4.78, 5) is 85.8. The minimum atomic E-state index is -3.28. The smallest absolute Gasteiger partial charge is 0.387 e. The van der Waals surface area contributed by atoms with Crippen LogP contribution in [0.4, 0.5) is 30.7 Å². The zero-order valence-electron chi connectivity index (χ0n) is 87.9. The average Bonchev–Trinajstić information content (AvgIpc) is 1.62. The van der Waals surface area contributed by atoms with Crippen molar-refractivity contribution < 1.29 is 130 Å². The van der Waals surface area contributed by atoms with Gasteiger partial charge in [0, 0.05) is 143 Å². The normalized spacial score (nSPS) is 22.3. The molecule has 8 saturated carbocycles. The number of carbonyl (C=O) groups excluding carboxylic acids is 5. The Kier molecular flexibility index (Phi) is 39.1. The fraction of sp³-hybridized carbons (Fsp3) is 0.645. The standard InChI is InChI=1S/C22H30FN3O4.C22H31N3O4.C21H26F4N2O4.C21H29FN4O4.C21H28FN3O5/c1-13(9-20(24)27)12-28-14-3-5-16(6-4-14)30-22-25-21-18(23)10-17(29-15-7-8-15)11-19(21)26(22)2;1-14(12-15(2)26)13-27-16-4-6-18(7-5-16)29-22-23-19-10-11-20(28-17-8-9-17)24-21(19)25(22)3;1-11(8-12(2)28)10-29-13-4-6-14(7-5-13)30-21-26-18-15(22)9-16(31-20(24)25)17(23)19(18)27(21)3;1-12(9-17(23)27)11-28-13-3-5-15(6-4-13)30-21-25-16-10-24-20(29-14-7-8-14)18(22)19(16)26(21)2;1-12(23-13(2)26)4-7-19-27-10-16(11-28-19)30-21-24-20-17(22)8-15(29-14-5-6-14)9-18(20)25(21)3/h10-11,13-16H,3-9,12H2,1-2H3,(H2,24,27);10-11,14,16-18H,4-9,12-13H2,1-3H3;9,11,13-14,20H,4-8,10H2,1-3H3;10,12-15H,3-9,11H2,1-2H3,(H2,23,27);8-9,12,14,16,19H,4-7,10-11H2,1-3H3,(H,23,26)/t13-,14?,16?;14-,16?,18?;11-,13?,14?;12-,13?,15?;12-,16?,19?/m11110/s1. The average molecular weight is 2110 g/mol. The van der Waals surface area contributed by atoms with Gasteiger partial charge in [0.15, 0.2) is 41.0 Å². The highest BCUT2D eigenvalue weighted by Crippen LogP contribution is 2.41. The minimum Gasteiger partial charge on any atom is -0.490 e. The first kappa shape index (κ1) is 112. The van der Waals surface area contributed by atoms with Gasteiger partial charge in [-0.3, -0.25) is 37.2 Å². The number of imidazole rings is 5. The molecule has 1 aliphatic heterocycles. The molecule has 150 heavy (non-hydrogen) atoms. The number of hydrogen-bond donors (Lipinski definition) is 3. The number of carbonyl (C=O) groups is 5. The van der Waals surface area contributed by atoms with Crippen molar-refractivity contribution in [2.24, 2.45) is 70.4 Å². The van der Waals surface area contributed by atoms with Gasteiger partial charge in [0.1, 0.15) is 104 Å². The molecule has 822 valence electrons. The van der Waals surface area contributed by atoms with Crippen LogP contribution in [0.15, 0.2) is 48.7 Å². The molecule has 5 atom stereocenters. The number of benzene rings is 3. The number of ether oxygens (including phenoxy) is 16. The topological polar surface area (TPSA) is 412 Å². The van der Waals surface area contributed by atoms with Crippen molar-refractivity contribution in [1.29, 1.82) is 0 Å². The van der Waals surface area contributed by atoms with Crippen molar-refractivity contribution in [3.05, 3.63) is 77.7 Å². The van der Waals surface area contributed by atoms with Crippen molar-refractivity contribution in [1.82, 2.24) is 63.0 Å². The number of fused-ring (bicyclic) bond motifs is 5. The number of nitrogens with one attached hydrogen (secondary N) is 1. The van der Waals surface area contributed by atoms with Crippen LogP contribution in [-0.4, -0.2) is 225 Å². The summed E-state index contributed by atoms with van der Waals surface area (Å²) in [5.74, 6) is -2.17. The molecule has 43 heteroatoms. The summed E-state index contributed by atoms with van der Waals surface area (Å²) in [5, 5.41) is 2.84. The van der Waals surface area contributed by atoms with E-state index in [0.29, 0.717) is 166 Å². The predicted octanol–water partition coefficient (Wildman–Crippen LogP) is 17.6. The lowest BCUT2D eigenvalue weighted by atomic mass is 9.95. The Balaban J connectivity index is 0.000000140. The molecule has 9 aliphatic rings. The third-order valence-corrected chi connectivity index (χ3v) is 27.5. The first-order valence-corrected chi connectivity index (χ1v) is 52.8. The number of pyridine rings is 2. The van der Waals surface area contributed by atoms with Crippen molar-refractivity contribution >= 4 is 84.6 Å². The first-order chi connectivity index (χ1) is 71.8. The molecule has 36 nitrogen and oxygen atoms in total. The van der Waals surface area contributed by atoms with Gasteiger partial charge < -0.3 is 102 Å². The number of halogens is 7. The van der Waals surface area contributed by atoms with Crippen molar-refractivity contribution in [3.8, 4) is 59.1 Å². The fourth-order valence-electron chi connectivity index (χ4n) is 18.9. The van der Waals surface area contributed by atoms with Gasteiger partial charge in [-0.15, -0.1) is 0 Å². The maximum atomic E-state index is 14.8. The second-order valence-corrected chi connectivity index (χ2v) is 41.9. The van der Waals surface area contributed by atoms with E-state index in [0.717, 1.165) is 159 Å². The van der Waals surface area contributed by atoms with E-state index >= 15 is 0 Å². The van der Waals surface area contributed by atoms with Crippen LogP contribution >= 0.6 is 0 Å². The van der Waals surface area contributed by atoms with Crippen LogP contribution in [0, 0.1) is 52.8 Å². The number of primary amides is 2. The number of Topliss-reactive ketones (excluding diaryl/α,β-unsaturated/α-hetero) is 2. The molecule has 3 aromatic carbocycles. The van der Waals surface area contributed by atoms with Crippen molar-refractivity contribution in [2.45, 2.75) is 346 Å². The summed E-state index contributed by atoms with van der Waals surface area (Å²) in [5.41, 5.74) is 14.1. The lowest BCUT2D eigenvalue weighted by Gasteiger charge is -2.30. The molecule has 0 bridgehead atoms. The molecule has 1 saturated heterocycles. The Morgan fingerprint density at radius 1 is 0.400 bits per heavy atom. The molecule has 0 unspecified atom stereocenters. The van der Waals surface area contributed by atoms with Gasteiger partial charge in [0.05, 0.1) is 67.1 Å². The quantitative estimate of drug-likeness (QED) is 0.0299. The second kappa shape index (κ2) is 52.1. The number of ketones is 2. The number of rotatable bonds is 44. The molecule has 0 radical (unpaired) electrons. The molecule has 19 rings (SSSR count). The number of alkyl halides is 2. The molecule has 10 aromatic rings. The van der Waals surface area contributed by atoms with E-state index in [1.807, 2.05) is 64.6 Å². The summed E-state index contributed by atoms with van der Waals surface area (Å²) in [6, 6.07) is 12.6. The minimum absolute atomic E-state index is 0.00134. The summed E-state index contributed by atoms with van der Waals surface area (Å²) in [7, 11) is 8.71. The predicted molar refractivity (Wildman–Crippen MR) is 538 cm³/mol. The number of aromatic nitrogens is 12. The van der Waals surface area contributed by atoms with E-state index in [-0.39, 0.29) is 167 Å². The van der Waals surface area contributed by atoms with Crippen LogP contribution in [0.2, 0.25) is 0 Å². The van der Waals surface area contributed by atoms with Crippen LogP contribution in [0.25, 0.3) is 55.3 Å². The van der Waals surface area contributed by atoms with E-state index in [9.17, 15) is 54.7 Å². The lowest BCUT2D eigenvalue weighted by Crippen LogP contribution is -2.40. The fourth-order valence-corrected chi connectivity index (χ4v) is 18.9. The van der Waals surface area contributed by atoms with Crippen LogP contribution < -0.4 is 64.2 Å². The number of nitrogens with zero attached hydrogens (tertiary/aromatic N) is 12. The van der Waals surface area contributed by atoms with E-state index < -0.39 is 41.4 Å². The van der Waals surface area contributed by atoms with Crippen LogP contribution in [0.5, 0.6) is 59.1 Å². The molecule has 0 spiro atoms. The highest BCUT2D eigenvalue weighted by molar-refractivity contribution is 5.83. The van der Waals surface area contributed by atoms with Crippen molar-refractivity contribution in [2.75, 3.05) is 39.6 Å². The molecule has 8 aliphatic carbocycles. The molecule has 5 N–H and O–H groups in total. The molecule has 7 aromatic heterocycles. The largest absolute Gasteiger partial charge is 0.490 e. The number of nitrogens with two attached hydrogens (primary N) is 2. The molecule has 8 heterocycles. The SMILES string of the molecule is CC(=O)C[C@@H](C)COC1CCC(Oc2nc3c(F)cc(OC(F)F)c(F)c3n2C)CC1.CC(=O)C[C@@H](C)COC1CCC(Oc2nc3ccc(OC4CC4)nc3n2C)CC1.CC(=O)N[C@@H](C)CCC1OCC(Oc2nc3c(F)cc(OC4CC4)cc3n2C)CO1.C[C@@H](COC1CCC(Oc2nc3c(F)cc(OC4CC4)cc3n2C)CC1)CC(N)=O.C[C@@H](COC1CCC(Oc2nc3cnc(OC4CC4)c(F)c3n2C)CC1)CC(N)=O. The lowest BCUT2D eigenvalue weighted by molar-refractivity contribution is -0.215. The monoisotopic (exact) mass is 2110 g/mol. The summed E-state index contributed by atoms with van der Waals surface area (Å²) < 4.78 is 198. The summed E-state index contributed by atoms with van der Waals surface area (Å²) >= 11 is 0. The number of hydrogen-bond acceptors (Lipinski definition) is 28. The highest BCUT2D eigenvalue weighted by atomic mass is 19.3. The van der Waals surface area contributed by atoms with E-state index in [1.54, 1.807) is 47.7 Å². The van der Waals surface area contributed by atoms with Gasteiger partial charge in [-0.25, -0.2) is 22.5 Å². The zero-order valence-corrected chi connectivity index (χ0v) is 87.9. The summed E-state index contributed by atoms with van der Waals surface area (Å²) in [6.07, 6.45) is 27.1. The first-order valence-electron chi connectivity index (χ1n) is 52.8. The van der Waals surface area contributed by atoms with Gasteiger partial charge in [-0.2, -0.15) is 43.1 Å². The number of amides is 3. The van der Waals surface area contributed by atoms with Crippen LogP contribution in [0.1, 0.15) is 248 Å². The van der Waals surface area contributed by atoms with E-state index in [4.69, 9.17) is 82.5 Å². The second-order valence-electron chi connectivity index (χ2n) is 41.9. The van der Waals surface area contributed by atoms with Gasteiger partial charge in [0.25, 0.3) is 35.9 Å². The van der Waals surface area contributed by atoms with E-state index in [2.05, 4.69) is 51.9 Å². The Hall–Kier alpha value is -11.7. The van der Waals surface area contributed by atoms with Crippen LogP contribution in [-0.2, 0) is 87.6 Å². The molecule has 3 amide bonds. The van der Waals surface area contributed by atoms with Crippen molar-refractivity contribution in [3.63, 3.8) is 0 Å². The molecular weight excluding hydrogens is 1960 g/mol. The Morgan fingerprint density at radius 2 is 0.760 bits per heavy atom. The maximum Gasteiger partial charge on any atom is 0.387 e. The summed E-state index contributed by atoms with van der Waals surface area (Å²) in [6.45, 7) is 14.2. The zero-order chi connectivity index (χ0) is 107. The third kappa shape index (κ3) is 32.5. The van der Waals surface area contributed by atoms with Gasteiger partial charge in [-0.1, -0.05) is 27.7 Å². The van der Waals surface area contributed by atoms with Gasteiger partial charge >= 0.3 is 6.61 Å². The highest BCUT2D eigenvalue weighted by Gasteiger charge is 2.37. The molecule has 9 fully saturated rings. The molecular formula is C107H144F7N15O21. The van der Waals surface area contributed by atoms with Gasteiger partial charge in [0.2, 0.25) is 29.4 Å². The third-order valence-electron chi connectivity index (χ3n) is 27.5. The maximum absolute atomic E-state index is 14.8. The Labute approximate surface area is 867 Å².